The van der Waals surface area contributed by atoms with Gasteiger partial charge in [-0.25, -0.2) is 0 Å². The summed E-state index contributed by atoms with van der Waals surface area (Å²) in [5.41, 5.74) is 0.607. The van der Waals surface area contributed by atoms with Gasteiger partial charge in [-0.15, -0.1) is 0 Å². The molecule has 0 aliphatic carbocycles. The first-order valence-corrected chi connectivity index (χ1v) is 10.3. The van der Waals surface area contributed by atoms with Gasteiger partial charge in [0, 0.05) is 0 Å². The Labute approximate surface area is 153 Å². The van der Waals surface area contributed by atoms with E-state index in [1.54, 1.807) is 25.1 Å². The molecule has 0 bridgehead atoms. The Kier molecular flexibility index (Phi) is 6.49. The van der Waals surface area contributed by atoms with Crippen molar-refractivity contribution in [2.45, 2.75) is 19.4 Å². The number of aliphatic hydroxyl groups is 1. The number of hydrogen-bond donors (Lipinski definition) is 2. The second kappa shape index (κ2) is 7.98. The molecule has 1 radical (unpaired) electrons. The molecule has 8 heteroatoms. The molecular formula is C15H13AsCl3O4. The van der Waals surface area contributed by atoms with Gasteiger partial charge < -0.3 is 0 Å². The first-order chi connectivity index (χ1) is 10.8. The fourth-order valence-corrected chi connectivity index (χ4v) is 4.03. The van der Waals surface area contributed by atoms with E-state index < -0.39 is 21.0 Å². The quantitative estimate of drug-likeness (QED) is 0.702. The molecule has 0 aliphatic heterocycles. The van der Waals surface area contributed by atoms with Crippen LogP contribution in [-0.4, -0.2) is 30.2 Å². The van der Waals surface area contributed by atoms with Gasteiger partial charge in [-0.3, -0.25) is 0 Å². The first kappa shape index (κ1) is 18.7. The summed E-state index contributed by atoms with van der Waals surface area (Å²) in [7, 11) is 0. The van der Waals surface area contributed by atoms with Crippen molar-refractivity contribution >= 4 is 54.1 Å². The van der Waals surface area contributed by atoms with Gasteiger partial charge in [-0.05, 0) is 0 Å². The molecule has 0 spiro atoms. The van der Waals surface area contributed by atoms with Crippen LogP contribution in [0.15, 0.2) is 30.3 Å². The summed E-state index contributed by atoms with van der Waals surface area (Å²) >= 11 is 14.7. The number of halogens is 3. The minimum atomic E-state index is -3.43. The van der Waals surface area contributed by atoms with Gasteiger partial charge >= 0.3 is 154 Å². The Morgan fingerprint density at radius 2 is 1.91 bits per heavy atom. The molecule has 2 unspecified atom stereocenters. The molecule has 0 aromatic heterocycles. The van der Waals surface area contributed by atoms with Crippen molar-refractivity contribution in [1.82, 2.24) is 0 Å². The number of aliphatic hydroxyl groups excluding tert-OH is 1. The second-order valence-corrected chi connectivity index (χ2v) is 8.27. The fraction of sp³-hybridized carbons (Fsp3) is 0.200. The van der Waals surface area contributed by atoms with Crippen LogP contribution < -0.4 is 9.09 Å². The third kappa shape index (κ3) is 4.69. The number of ether oxygens (including phenoxy) is 1. The van der Waals surface area contributed by atoms with Crippen molar-refractivity contribution in [2.24, 2.45) is 0 Å². The number of hydrogen-bond acceptors (Lipinski definition) is 3. The van der Waals surface area contributed by atoms with E-state index in [1.165, 1.54) is 12.1 Å². The molecule has 4 nitrogen and oxygen atoms in total. The third-order valence-corrected chi connectivity index (χ3v) is 5.83. The molecule has 0 fully saturated rings. The van der Waals surface area contributed by atoms with Gasteiger partial charge in [0.1, 0.15) is 0 Å². The zero-order valence-corrected chi connectivity index (χ0v) is 16.1. The molecule has 0 amide bonds. The summed E-state index contributed by atoms with van der Waals surface area (Å²) in [5, 5.41) is 10.4. The minimum absolute atomic E-state index is 0.0478. The number of rotatable bonds is 5. The summed E-state index contributed by atoms with van der Waals surface area (Å²) in [4.78, 5) is 0. The van der Waals surface area contributed by atoms with E-state index in [9.17, 15) is 12.9 Å². The average Bonchev–Trinajstić information content (AvgIpc) is 2.44. The molecule has 0 saturated heterocycles. The predicted molar refractivity (Wildman–Crippen MR) is 91.7 cm³/mol. The van der Waals surface area contributed by atoms with Crippen molar-refractivity contribution in [3.05, 3.63) is 51.0 Å². The van der Waals surface area contributed by atoms with Crippen LogP contribution in [0.1, 0.15) is 12.5 Å². The van der Waals surface area contributed by atoms with Crippen molar-refractivity contribution in [1.29, 1.82) is 0 Å². The van der Waals surface area contributed by atoms with Gasteiger partial charge in [-0.1, -0.05) is 0 Å². The monoisotopic (exact) mass is 437 g/mol. The standard InChI is InChI=1S/C15H13AsCl3O4/c1-8(20)6-9-2-4-11(16(21)22)14(19)15(9)23-13-5-3-10(17)7-12(13)18/h2-5,7-8,20H,6H2,1H3,(H,21,22). The maximum atomic E-state index is 11.5. The zero-order valence-electron chi connectivity index (χ0n) is 12.0. The molecule has 2 N–H and O–H groups in total. The molecule has 0 aliphatic rings. The van der Waals surface area contributed by atoms with Crippen LogP contribution in [0.3, 0.4) is 0 Å². The maximum absolute atomic E-state index is 11.5. The molecule has 123 valence electrons. The summed E-state index contributed by atoms with van der Waals surface area (Å²) in [5.74, 6) is 0.517. The molecule has 2 atom stereocenters. The Morgan fingerprint density at radius 3 is 2.48 bits per heavy atom. The van der Waals surface area contributed by atoms with Crippen molar-refractivity contribution in [2.75, 3.05) is 0 Å². The third-order valence-electron chi connectivity index (χ3n) is 2.99. The van der Waals surface area contributed by atoms with Crippen LogP contribution in [0.2, 0.25) is 15.1 Å². The van der Waals surface area contributed by atoms with E-state index in [1.807, 2.05) is 0 Å². The summed E-state index contributed by atoms with van der Waals surface area (Å²) in [6.07, 6.45) is -0.354. The molecule has 23 heavy (non-hydrogen) atoms. The van der Waals surface area contributed by atoms with Crippen LogP contribution in [0.4, 0.5) is 0 Å². The van der Waals surface area contributed by atoms with E-state index in [-0.39, 0.29) is 26.6 Å². The molecule has 2 aromatic carbocycles. The van der Waals surface area contributed by atoms with Crippen molar-refractivity contribution in [3.8, 4) is 11.5 Å². The normalized spacial score (nSPS) is 12.9. The van der Waals surface area contributed by atoms with Crippen LogP contribution >= 0.6 is 34.8 Å². The van der Waals surface area contributed by atoms with E-state index in [0.717, 1.165) is 0 Å². The van der Waals surface area contributed by atoms with Crippen LogP contribution in [0.5, 0.6) is 11.5 Å². The summed E-state index contributed by atoms with van der Waals surface area (Å²) in [6, 6.07) is 7.78. The first-order valence-electron chi connectivity index (χ1n) is 6.58. The Morgan fingerprint density at radius 1 is 1.22 bits per heavy atom. The molecule has 0 heterocycles. The van der Waals surface area contributed by atoms with E-state index in [0.29, 0.717) is 16.3 Å². The zero-order chi connectivity index (χ0) is 17.1. The average molecular weight is 439 g/mol. The van der Waals surface area contributed by atoms with Gasteiger partial charge in [0.25, 0.3) is 0 Å². The van der Waals surface area contributed by atoms with E-state index in [4.69, 9.17) is 39.5 Å². The van der Waals surface area contributed by atoms with Crippen molar-refractivity contribution < 1.29 is 17.7 Å². The molecule has 2 aromatic rings. The number of benzene rings is 2. The Balaban J connectivity index is 2.52. The van der Waals surface area contributed by atoms with E-state index >= 15 is 0 Å². The molecule has 2 rings (SSSR count). The SMILES string of the molecule is CC(O)Cc1ccc([As](=O)O)c(Cl)c1Oc1ccc(Cl)cc1Cl. The van der Waals surface area contributed by atoms with Crippen molar-refractivity contribution in [3.63, 3.8) is 0 Å². The molecular weight excluding hydrogens is 425 g/mol. The van der Waals surface area contributed by atoms with Crippen LogP contribution in [-0.2, 0) is 10.2 Å². The second-order valence-electron chi connectivity index (χ2n) is 4.89. The van der Waals surface area contributed by atoms with Gasteiger partial charge in [0.15, 0.2) is 0 Å². The topological polar surface area (TPSA) is 66.8 Å². The van der Waals surface area contributed by atoms with E-state index in [2.05, 4.69) is 0 Å². The Hall–Kier alpha value is -0.612. The van der Waals surface area contributed by atoms with Crippen LogP contribution in [0.25, 0.3) is 0 Å². The molecule has 0 saturated carbocycles. The fourth-order valence-electron chi connectivity index (χ4n) is 1.99. The predicted octanol–water partition coefficient (Wildman–Crippen LogP) is 3.48. The summed E-state index contributed by atoms with van der Waals surface area (Å²) < 4.78 is 26.8. The Bertz CT molecular complexity index is 750. The van der Waals surface area contributed by atoms with Gasteiger partial charge in [0.05, 0.1) is 0 Å². The van der Waals surface area contributed by atoms with Gasteiger partial charge in [-0.2, -0.15) is 0 Å². The van der Waals surface area contributed by atoms with Crippen LogP contribution in [0, 0.1) is 0 Å². The van der Waals surface area contributed by atoms with Gasteiger partial charge in [0.2, 0.25) is 0 Å². The summed E-state index contributed by atoms with van der Waals surface area (Å²) in [6.45, 7) is 1.62.